The normalized spacial score (nSPS) is 12.9. The Morgan fingerprint density at radius 3 is 2.62 bits per heavy atom. The van der Waals surface area contributed by atoms with E-state index < -0.39 is 6.10 Å². The maximum Gasteiger partial charge on any atom is 0.308 e. The summed E-state index contributed by atoms with van der Waals surface area (Å²) < 4.78 is 4.49. The minimum absolute atomic E-state index is 0.120. The van der Waals surface area contributed by atoms with Gasteiger partial charge in [-0.1, -0.05) is 31.4 Å². The molecule has 0 amide bonds. The van der Waals surface area contributed by atoms with E-state index in [1.54, 1.807) is 0 Å². The van der Waals surface area contributed by atoms with E-state index in [2.05, 4.69) is 16.9 Å². The van der Waals surface area contributed by atoms with Crippen LogP contribution in [0.2, 0.25) is 0 Å². The fourth-order valence-corrected chi connectivity index (χ4v) is 1.54. The molecule has 3 heteroatoms. The highest BCUT2D eigenvalue weighted by Gasteiger charge is 2.09. The van der Waals surface area contributed by atoms with Crippen molar-refractivity contribution < 1.29 is 14.6 Å². The number of aliphatic hydroxyl groups is 1. The van der Waals surface area contributed by atoms with Gasteiger partial charge >= 0.3 is 5.97 Å². The van der Waals surface area contributed by atoms with Gasteiger partial charge in [-0.25, -0.2) is 0 Å². The molecule has 1 atom stereocenters. The Morgan fingerprint density at radius 1 is 1.31 bits per heavy atom. The van der Waals surface area contributed by atoms with E-state index in [4.69, 9.17) is 0 Å². The molecule has 0 aliphatic heterocycles. The van der Waals surface area contributed by atoms with Crippen molar-refractivity contribution in [1.29, 1.82) is 0 Å². The first-order valence-electron chi connectivity index (χ1n) is 6.06. The van der Waals surface area contributed by atoms with Crippen molar-refractivity contribution in [3.8, 4) is 0 Å². The van der Waals surface area contributed by atoms with Gasteiger partial charge < -0.3 is 9.84 Å². The molecule has 0 aromatic carbocycles. The third-order valence-corrected chi connectivity index (χ3v) is 2.52. The van der Waals surface area contributed by atoms with Crippen LogP contribution in [0, 0.1) is 0 Å². The first-order valence-corrected chi connectivity index (χ1v) is 6.06. The molecule has 0 saturated heterocycles. The van der Waals surface area contributed by atoms with E-state index in [1.807, 2.05) is 6.92 Å². The van der Waals surface area contributed by atoms with Crippen LogP contribution in [0.5, 0.6) is 0 Å². The van der Waals surface area contributed by atoms with Crippen molar-refractivity contribution in [1.82, 2.24) is 0 Å². The van der Waals surface area contributed by atoms with Crippen LogP contribution in [0.4, 0.5) is 0 Å². The molecular formula is C13H24O3. The summed E-state index contributed by atoms with van der Waals surface area (Å²) in [6.07, 6.45) is 10.2. The van der Waals surface area contributed by atoms with Crippen LogP contribution < -0.4 is 0 Å². The van der Waals surface area contributed by atoms with E-state index in [0.717, 1.165) is 19.3 Å². The topological polar surface area (TPSA) is 46.5 Å². The van der Waals surface area contributed by atoms with E-state index >= 15 is 0 Å². The standard InChI is InChI=1S/C13H24O3/c1-3-4-5-6-7-8-9-10-12(14)11-13(15)16-2/h3-4,12,14H,5-11H2,1-2H3. The van der Waals surface area contributed by atoms with Crippen LogP contribution in [-0.4, -0.2) is 24.3 Å². The largest absolute Gasteiger partial charge is 0.469 e. The molecule has 0 heterocycles. The lowest BCUT2D eigenvalue weighted by Gasteiger charge is -2.08. The van der Waals surface area contributed by atoms with Gasteiger partial charge in [-0.15, -0.1) is 0 Å². The van der Waals surface area contributed by atoms with Gasteiger partial charge in [0.05, 0.1) is 19.6 Å². The van der Waals surface area contributed by atoms with Gasteiger partial charge in [0.1, 0.15) is 0 Å². The number of esters is 1. The van der Waals surface area contributed by atoms with E-state index in [-0.39, 0.29) is 12.4 Å². The maximum absolute atomic E-state index is 10.8. The molecule has 94 valence electrons. The second-order valence-corrected chi connectivity index (χ2v) is 3.99. The molecule has 1 unspecified atom stereocenters. The quantitative estimate of drug-likeness (QED) is 0.375. The van der Waals surface area contributed by atoms with Crippen LogP contribution in [0.25, 0.3) is 0 Å². The molecule has 0 aromatic rings. The van der Waals surface area contributed by atoms with Gasteiger partial charge in [0.25, 0.3) is 0 Å². The minimum atomic E-state index is -0.539. The fraction of sp³-hybridized carbons (Fsp3) is 0.769. The first kappa shape index (κ1) is 15.2. The summed E-state index contributed by atoms with van der Waals surface area (Å²) in [6.45, 7) is 2.03. The first-order chi connectivity index (χ1) is 7.70. The Hall–Kier alpha value is -0.830. The third-order valence-electron chi connectivity index (χ3n) is 2.52. The minimum Gasteiger partial charge on any atom is -0.469 e. The Morgan fingerprint density at radius 2 is 2.00 bits per heavy atom. The highest BCUT2D eigenvalue weighted by atomic mass is 16.5. The molecule has 0 radical (unpaired) electrons. The average Bonchev–Trinajstić information content (AvgIpc) is 2.27. The lowest BCUT2D eigenvalue weighted by atomic mass is 10.1. The molecule has 0 aliphatic carbocycles. The fourth-order valence-electron chi connectivity index (χ4n) is 1.54. The zero-order valence-electron chi connectivity index (χ0n) is 10.4. The summed E-state index contributed by atoms with van der Waals surface area (Å²) in [5.74, 6) is -0.333. The number of hydrogen-bond acceptors (Lipinski definition) is 3. The number of aliphatic hydroxyl groups excluding tert-OH is 1. The maximum atomic E-state index is 10.8. The lowest BCUT2D eigenvalue weighted by Crippen LogP contribution is -2.14. The number of carbonyl (C=O) groups is 1. The number of carbonyl (C=O) groups excluding carboxylic acids is 1. The van der Waals surface area contributed by atoms with Gasteiger partial charge in [-0.2, -0.15) is 0 Å². The second-order valence-electron chi connectivity index (χ2n) is 3.99. The van der Waals surface area contributed by atoms with Crippen LogP contribution in [0.3, 0.4) is 0 Å². The number of methoxy groups -OCH3 is 1. The van der Waals surface area contributed by atoms with Crippen molar-refractivity contribution in [2.45, 2.75) is 58.0 Å². The van der Waals surface area contributed by atoms with Gasteiger partial charge in [0.2, 0.25) is 0 Å². The summed E-state index contributed by atoms with van der Waals surface area (Å²) in [4.78, 5) is 10.8. The van der Waals surface area contributed by atoms with Crippen molar-refractivity contribution in [2.24, 2.45) is 0 Å². The monoisotopic (exact) mass is 228 g/mol. The van der Waals surface area contributed by atoms with Crippen molar-refractivity contribution in [3.05, 3.63) is 12.2 Å². The summed E-state index contributed by atoms with van der Waals surface area (Å²) in [6, 6.07) is 0. The molecule has 0 saturated carbocycles. The number of allylic oxidation sites excluding steroid dienone is 2. The highest BCUT2D eigenvalue weighted by molar-refractivity contribution is 5.69. The molecule has 0 spiro atoms. The van der Waals surface area contributed by atoms with E-state index in [1.165, 1.54) is 20.0 Å². The van der Waals surface area contributed by atoms with Crippen LogP contribution in [-0.2, 0) is 9.53 Å². The Kier molecular flexibility index (Phi) is 10.1. The van der Waals surface area contributed by atoms with Gasteiger partial charge in [-0.3, -0.25) is 4.79 Å². The van der Waals surface area contributed by atoms with E-state index in [0.29, 0.717) is 6.42 Å². The number of unbranched alkanes of at least 4 members (excludes halogenated alkanes) is 4. The molecule has 16 heavy (non-hydrogen) atoms. The number of ether oxygens (including phenoxy) is 1. The van der Waals surface area contributed by atoms with E-state index in [9.17, 15) is 9.90 Å². The van der Waals surface area contributed by atoms with Gasteiger partial charge in [-0.05, 0) is 26.2 Å². The number of hydrogen-bond donors (Lipinski definition) is 1. The van der Waals surface area contributed by atoms with Gasteiger partial charge in [0.15, 0.2) is 0 Å². The molecule has 3 nitrogen and oxygen atoms in total. The van der Waals surface area contributed by atoms with Crippen LogP contribution in [0.1, 0.15) is 51.9 Å². The smallest absolute Gasteiger partial charge is 0.308 e. The molecule has 0 fully saturated rings. The lowest BCUT2D eigenvalue weighted by molar-refractivity contribution is -0.142. The summed E-state index contributed by atoms with van der Waals surface area (Å²) in [5.41, 5.74) is 0. The predicted octanol–water partition coefficient (Wildman–Crippen LogP) is 2.83. The third kappa shape index (κ3) is 9.71. The summed E-state index contributed by atoms with van der Waals surface area (Å²) >= 11 is 0. The summed E-state index contributed by atoms with van der Waals surface area (Å²) in [5, 5.41) is 9.48. The Bertz CT molecular complexity index is 199. The van der Waals surface area contributed by atoms with Crippen LogP contribution >= 0.6 is 0 Å². The van der Waals surface area contributed by atoms with Gasteiger partial charge in [0, 0.05) is 0 Å². The SMILES string of the molecule is CC=CCCCCCCC(O)CC(=O)OC. The Labute approximate surface area is 98.5 Å². The summed E-state index contributed by atoms with van der Waals surface area (Å²) in [7, 11) is 1.34. The molecule has 0 rings (SSSR count). The average molecular weight is 228 g/mol. The molecule has 1 N–H and O–H groups in total. The molecule has 0 aromatic heterocycles. The van der Waals surface area contributed by atoms with Crippen molar-refractivity contribution in [2.75, 3.05) is 7.11 Å². The Balaban J connectivity index is 3.27. The second kappa shape index (κ2) is 10.7. The zero-order chi connectivity index (χ0) is 12.2. The van der Waals surface area contributed by atoms with Crippen LogP contribution in [0.15, 0.2) is 12.2 Å². The van der Waals surface area contributed by atoms with Crippen molar-refractivity contribution >= 4 is 5.97 Å². The highest BCUT2D eigenvalue weighted by Crippen LogP contribution is 2.09. The molecule has 0 bridgehead atoms. The zero-order valence-corrected chi connectivity index (χ0v) is 10.4. The molecular weight excluding hydrogens is 204 g/mol. The number of rotatable bonds is 9. The van der Waals surface area contributed by atoms with Crippen molar-refractivity contribution in [3.63, 3.8) is 0 Å². The molecule has 0 aliphatic rings. The predicted molar refractivity (Wildman–Crippen MR) is 65.2 cm³/mol.